The van der Waals surface area contributed by atoms with Crippen LogP contribution < -0.4 is 20.5 Å². The Morgan fingerprint density at radius 3 is 2.55 bits per heavy atom. The number of nitrogen functional groups attached to an aromatic ring is 1. The number of benzene rings is 2. The molecular weight excluding hydrogens is 553 g/mol. The number of alkyl halides is 3. The number of ether oxygens (including phenoxy) is 2. The topological polar surface area (TPSA) is 106 Å². The number of aromatic nitrogens is 2. The van der Waals surface area contributed by atoms with Crippen molar-refractivity contribution >= 4 is 37.3 Å². The van der Waals surface area contributed by atoms with Crippen molar-refractivity contribution in [3.63, 3.8) is 0 Å². The number of nitriles is 1. The van der Waals surface area contributed by atoms with E-state index in [1.807, 2.05) is 0 Å². The first kappa shape index (κ1) is 26.5. The first-order valence-electron chi connectivity index (χ1n) is 12.5. The van der Waals surface area contributed by atoms with E-state index in [1.165, 1.54) is 7.11 Å². The van der Waals surface area contributed by atoms with Crippen molar-refractivity contribution in [2.24, 2.45) is 5.41 Å². The van der Waals surface area contributed by atoms with Crippen LogP contribution in [-0.4, -0.2) is 36.3 Å². The van der Waals surface area contributed by atoms with Crippen molar-refractivity contribution in [2.75, 3.05) is 25.9 Å². The van der Waals surface area contributed by atoms with Gasteiger partial charge in [0.05, 0.1) is 28.3 Å². The third-order valence-corrected chi connectivity index (χ3v) is 8.85. The number of piperidine rings is 1. The molecule has 6 rings (SSSR count). The number of nitrogens with two attached hydrogens (primary N) is 1. The summed E-state index contributed by atoms with van der Waals surface area (Å²) in [6.45, 7) is 1.78. The molecule has 13 heteroatoms. The SMILES string of the molecule is COc1nc(OC2CC3(CCNCC3)C2)c2cc(C(F)(F)F)c(-c3ccc(F)c4sc(N)c(C#N)c34)c(F)c2n1. The zero-order valence-corrected chi connectivity index (χ0v) is 21.9. The van der Waals surface area contributed by atoms with Crippen molar-refractivity contribution in [1.29, 1.82) is 5.26 Å². The number of hydrogen-bond donors (Lipinski definition) is 2. The Morgan fingerprint density at radius 1 is 1.18 bits per heavy atom. The molecule has 1 aliphatic heterocycles. The van der Waals surface area contributed by atoms with Gasteiger partial charge in [-0.2, -0.15) is 28.4 Å². The number of nitrogens with one attached hydrogen (secondary N) is 1. The van der Waals surface area contributed by atoms with Gasteiger partial charge < -0.3 is 20.5 Å². The predicted octanol–water partition coefficient (Wildman–Crippen LogP) is 6.18. The lowest BCUT2D eigenvalue weighted by Gasteiger charge is -2.49. The van der Waals surface area contributed by atoms with Gasteiger partial charge in [0, 0.05) is 10.9 Å². The summed E-state index contributed by atoms with van der Waals surface area (Å²) < 4.78 is 85.5. The van der Waals surface area contributed by atoms with Crippen LogP contribution >= 0.6 is 11.3 Å². The molecule has 3 heterocycles. The van der Waals surface area contributed by atoms with Crippen molar-refractivity contribution in [1.82, 2.24) is 15.3 Å². The number of nitrogens with zero attached hydrogens (tertiary/aromatic N) is 3. The second-order valence-corrected chi connectivity index (χ2v) is 11.2. The summed E-state index contributed by atoms with van der Waals surface area (Å²) in [5.74, 6) is -2.34. The Morgan fingerprint density at radius 2 is 1.90 bits per heavy atom. The summed E-state index contributed by atoms with van der Waals surface area (Å²) in [5, 5.41) is 12.4. The van der Waals surface area contributed by atoms with Crippen LogP contribution in [0, 0.1) is 28.4 Å². The van der Waals surface area contributed by atoms with E-state index >= 15 is 4.39 Å². The summed E-state index contributed by atoms with van der Waals surface area (Å²) in [6.07, 6.45) is -1.98. The molecule has 1 spiro atoms. The second kappa shape index (κ2) is 9.42. The minimum Gasteiger partial charge on any atom is -0.474 e. The lowest BCUT2D eigenvalue weighted by molar-refractivity contribution is -0.137. The van der Waals surface area contributed by atoms with Crippen LogP contribution in [0.25, 0.3) is 32.1 Å². The van der Waals surface area contributed by atoms with E-state index in [-0.39, 0.29) is 55.0 Å². The summed E-state index contributed by atoms with van der Waals surface area (Å²) in [5.41, 5.74) is 2.72. The molecule has 0 radical (unpaired) electrons. The minimum atomic E-state index is -5.04. The number of thiophene rings is 1. The molecule has 2 aromatic heterocycles. The molecular formula is C27H22F5N5O2S. The van der Waals surface area contributed by atoms with Crippen LogP contribution in [0.5, 0.6) is 11.9 Å². The molecule has 4 aromatic rings. The molecule has 2 fully saturated rings. The zero-order chi connectivity index (χ0) is 28.4. The molecule has 1 saturated carbocycles. The van der Waals surface area contributed by atoms with Gasteiger partial charge in [-0.05, 0) is 61.9 Å². The highest BCUT2D eigenvalue weighted by molar-refractivity contribution is 7.23. The van der Waals surface area contributed by atoms with Gasteiger partial charge in [-0.3, -0.25) is 0 Å². The number of rotatable bonds is 4. The van der Waals surface area contributed by atoms with Crippen LogP contribution in [-0.2, 0) is 6.18 Å². The third-order valence-electron chi connectivity index (χ3n) is 7.83. The lowest BCUT2D eigenvalue weighted by Crippen LogP contribution is -2.49. The van der Waals surface area contributed by atoms with E-state index in [1.54, 1.807) is 6.07 Å². The Kier molecular flexibility index (Phi) is 6.23. The lowest BCUT2D eigenvalue weighted by atomic mass is 9.62. The summed E-state index contributed by atoms with van der Waals surface area (Å²) in [4.78, 5) is 8.14. The van der Waals surface area contributed by atoms with Crippen molar-refractivity contribution < 1.29 is 31.4 Å². The smallest absolute Gasteiger partial charge is 0.417 e. The maximum absolute atomic E-state index is 16.3. The van der Waals surface area contributed by atoms with Crippen LogP contribution in [0.15, 0.2) is 18.2 Å². The van der Waals surface area contributed by atoms with Gasteiger partial charge in [0.2, 0.25) is 5.88 Å². The highest BCUT2D eigenvalue weighted by atomic mass is 32.1. The van der Waals surface area contributed by atoms with Gasteiger partial charge in [0.1, 0.15) is 28.5 Å². The monoisotopic (exact) mass is 575 g/mol. The van der Waals surface area contributed by atoms with Gasteiger partial charge in [-0.1, -0.05) is 6.07 Å². The van der Waals surface area contributed by atoms with Gasteiger partial charge in [0.25, 0.3) is 0 Å². The van der Waals surface area contributed by atoms with E-state index in [9.17, 15) is 22.8 Å². The summed E-state index contributed by atoms with van der Waals surface area (Å²) in [7, 11) is 1.25. The van der Waals surface area contributed by atoms with Gasteiger partial charge in [-0.15, -0.1) is 11.3 Å². The van der Waals surface area contributed by atoms with Crippen molar-refractivity contribution in [2.45, 2.75) is 38.0 Å². The van der Waals surface area contributed by atoms with Gasteiger partial charge in [0.15, 0.2) is 5.82 Å². The number of hydrogen-bond acceptors (Lipinski definition) is 8. The molecule has 40 heavy (non-hydrogen) atoms. The fourth-order valence-corrected chi connectivity index (χ4v) is 6.82. The summed E-state index contributed by atoms with van der Waals surface area (Å²) >= 11 is 0.702. The van der Waals surface area contributed by atoms with Crippen LogP contribution in [0.1, 0.15) is 36.8 Å². The second-order valence-electron chi connectivity index (χ2n) is 10.2. The first-order chi connectivity index (χ1) is 19.0. The van der Waals surface area contributed by atoms with Crippen LogP contribution in [0.3, 0.4) is 0 Å². The van der Waals surface area contributed by atoms with Gasteiger partial charge >= 0.3 is 12.2 Å². The highest BCUT2D eigenvalue weighted by Crippen LogP contribution is 2.51. The quantitative estimate of drug-likeness (QED) is 0.280. The Hall–Kier alpha value is -3.76. The predicted molar refractivity (Wildman–Crippen MR) is 139 cm³/mol. The molecule has 2 aliphatic rings. The Balaban J connectivity index is 1.56. The molecule has 208 valence electrons. The zero-order valence-electron chi connectivity index (χ0n) is 21.1. The Labute approximate surface area is 228 Å². The van der Waals surface area contributed by atoms with Crippen LogP contribution in [0.4, 0.5) is 27.0 Å². The standard InChI is InChI=1S/C27H22F5N5O2S/c1-38-25-36-21-14(24(37-25)39-12-9-26(10-12)4-6-35-7-5-26)8-16(27(30,31)32)19(20(21)29)13-2-3-17(28)22-18(13)15(11-33)23(34)40-22/h2-3,8,12,35H,4-7,9-10,34H2,1H3. The van der Waals surface area contributed by atoms with Crippen LogP contribution in [0.2, 0.25) is 0 Å². The first-order valence-corrected chi connectivity index (χ1v) is 13.3. The minimum absolute atomic E-state index is 0.0923. The van der Waals surface area contributed by atoms with E-state index in [2.05, 4.69) is 15.3 Å². The normalized spacial score (nSPS) is 17.2. The van der Waals surface area contributed by atoms with E-state index in [0.29, 0.717) is 24.2 Å². The molecule has 1 aliphatic carbocycles. The average Bonchev–Trinajstić information content (AvgIpc) is 3.25. The van der Waals surface area contributed by atoms with E-state index < -0.39 is 34.5 Å². The third kappa shape index (κ3) is 4.17. The molecule has 0 atom stereocenters. The molecule has 3 N–H and O–H groups in total. The maximum atomic E-state index is 16.3. The van der Waals surface area contributed by atoms with E-state index in [0.717, 1.165) is 44.1 Å². The average molecular weight is 576 g/mol. The molecule has 0 unspecified atom stereocenters. The molecule has 0 bridgehead atoms. The molecule has 2 aromatic carbocycles. The van der Waals surface area contributed by atoms with E-state index in [4.69, 9.17) is 15.2 Å². The fraction of sp³-hybridized carbons (Fsp3) is 0.370. The highest BCUT2D eigenvalue weighted by Gasteiger charge is 2.46. The number of methoxy groups -OCH3 is 1. The molecule has 7 nitrogen and oxygen atoms in total. The number of halogens is 5. The Bertz CT molecular complexity index is 1700. The van der Waals surface area contributed by atoms with Crippen molar-refractivity contribution in [3.8, 4) is 29.1 Å². The number of anilines is 1. The maximum Gasteiger partial charge on any atom is 0.417 e. The van der Waals surface area contributed by atoms with Crippen molar-refractivity contribution in [3.05, 3.63) is 41.0 Å². The molecule has 0 amide bonds. The summed E-state index contributed by atoms with van der Waals surface area (Å²) in [6, 6.07) is 4.17. The van der Waals surface area contributed by atoms with Gasteiger partial charge in [-0.25, -0.2) is 8.78 Å². The fourth-order valence-electron chi connectivity index (χ4n) is 5.87. The largest absolute Gasteiger partial charge is 0.474 e. The molecule has 1 saturated heterocycles. The number of fused-ring (bicyclic) bond motifs is 2.